The minimum atomic E-state index is -0.480. The standard InChI is InChI=1S/C23H42N4O5/c1-16(28)8-10-19(25-5)14-22(31)27-21(11-9-17(2)29)15-23(32)26-20(13-18(3)30)7-6-12-24-4/h19-21,24-25H,6-15H2,1-5H3,(H,26,32)(H,27,31). The Kier molecular flexibility index (Phi) is 16.3. The molecule has 0 aliphatic rings. The van der Waals surface area contributed by atoms with Crippen molar-refractivity contribution in [2.45, 2.75) is 96.7 Å². The van der Waals surface area contributed by atoms with Gasteiger partial charge in [-0.15, -0.1) is 0 Å². The summed E-state index contributed by atoms with van der Waals surface area (Å²) in [5, 5.41) is 11.9. The Hall–Kier alpha value is -2.13. The van der Waals surface area contributed by atoms with Crippen LogP contribution in [0.25, 0.3) is 0 Å². The molecule has 0 rings (SSSR count). The SMILES string of the molecule is CNCCCC(CC(C)=O)NC(=O)CC(CCC(C)=O)NC(=O)CC(CCC(C)=O)NC. The van der Waals surface area contributed by atoms with Gasteiger partial charge in [0.2, 0.25) is 11.8 Å². The van der Waals surface area contributed by atoms with Gasteiger partial charge in [0, 0.05) is 50.2 Å². The van der Waals surface area contributed by atoms with Gasteiger partial charge in [-0.2, -0.15) is 0 Å². The lowest BCUT2D eigenvalue weighted by atomic mass is 10.0. The molecule has 3 unspecified atom stereocenters. The maximum Gasteiger partial charge on any atom is 0.222 e. The van der Waals surface area contributed by atoms with E-state index in [4.69, 9.17) is 0 Å². The van der Waals surface area contributed by atoms with Crippen LogP contribution < -0.4 is 21.3 Å². The maximum atomic E-state index is 12.6. The lowest BCUT2D eigenvalue weighted by Crippen LogP contribution is -2.44. The largest absolute Gasteiger partial charge is 0.353 e. The smallest absolute Gasteiger partial charge is 0.222 e. The number of Topliss-reactive ketones (excluding diaryl/α,β-unsaturated/α-hetero) is 3. The van der Waals surface area contributed by atoms with Crippen molar-refractivity contribution in [3.8, 4) is 0 Å². The van der Waals surface area contributed by atoms with Crippen LogP contribution in [0.5, 0.6) is 0 Å². The molecule has 0 saturated heterocycles. The van der Waals surface area contributed by atoms with Gasteiger partial charge in [-0.3, -0.25) is 14.4 Å². The van der Waals surface area contributed by atoms with Crippen LogP contribution in [0.1, 0.15) is 78.6 Å². The molecule has 0 radical (unpaired) electrons. The Morgan fingerprint density at radius 2 is 1.09 bits per heavy atom. The van der Waals surface area contributed by atoms with Crippen LogP contribution in [-0.4, -0.2) is 67.9 Å². The number of carbonyl (C=O) groups excluding carboxylic acids is 5. The molecule has 0 saturated carbocycles. The van der Waals surface area contributed by atoms with Gasteiger partial charge >= 0.3 is 0 Å². The molecule has 0 aromatic carbocycles. The Labute approximate surface area is 192 Å². The number of nitrogens with one attached hydrogen (secondary N) is 4. The fourth-order valence-electron chi connectivity index (χ4n) is 3.45. The van der Waals surface area contributed by atoms with Gasteiger partial charge in [0.15, 0.2) is 0 Å². The average Bonchev–Trinajstić information content (AvgIpc) is 2.68. The summed E-state index contributed by atoms with van der Waals surface area (Å²) < 4.78 is 0. The van der Waals surface area contributed by atoms with Crippen molar-refractivity contribution in [2.75, 3.05) is 20.6 Å². The third-order valence-electron chi connectivity index (χ3n) is 5.21. The monoisotopic (exact) mass is 454 g/mol. The highest BCUT2D eigenvalue weighted by molar-refractivity contribution is 5.82. The normalized spacial score (nSPS) is 13.7. The van der Waals surface area contributed by atoms with Crippen molar-refractivity contribution in [3.63, 3.8) is 0 Å². The molecule has 0 aliphatic carbocycles. The van der Waals surface area contributed by atoms with E-state index < -0.39 is 6.04 Å². The number of rotatable bonds is 19. The van der Waals surface area contributed by atoms with Crippen LogP contribution in [0.3, 0.4) is 0 Å². The first kappa shape index (κ1) is 29.9. The Bertz CT molecular complexity index is 624. The first-order valence-electron chi connectivity index (χ1n) is 11.5. The third kappa shape index (κ3) is 16.5. The highest BCUT2D eigenvalue weighted by Crippen LogP contribution is 2.09. The van der Waals surface area contributed by atoms with Gasteiger partial charge in [0.1, 0.15) is 17.3 Å². The summed E-state index contributed by atoms with van der Waals surface area (Å²) in [6.07, 6.45) is 3.55. The predicted octanol–water partition coefficient (Wildman–Crippen LogP) is 1.04. The highest BCUT2D eigenvalue weighted by atomic mass is 16.2. The predicted molar refractivity (Wildman–Crippen MR) is 124 cm³/mol. The number of hydrogen-bond acceptors (Lipinski definition) is 7. The van der Waals surface area contributed by atoms with E-state index in [1.807, 2.05) is 7.05 Å². The van der Waals surface area contributed by atoms with E-state index in [9.17, 15) is 24.0 Å². The van der Waals surface area contributed by atoms with Crippen molar-refractivity contribution in [1.29, 1.82) is 0 Å². The molecule has 0 aromatic heterocycles. The summed E-state index contributed by atoms with van der Waals surface area (Å²) in [6, 6.07) is -0.877. The van der Waals surface area contributed by atoms with Crippen LogP contribution in [-0.2, 0) is 24.0 Å². The molecule has 0 spiro atoms. The van der Waals surface area contributed by atoms with Gasteiger partial charge in [-0.25, -0.2) is 0 Å². The molecule has 0 aromatic rings. The molecule has 3 atom stereocenters. The first-order valence-corrected chi connectivity index (χ1v) is 11.5. The second-order valence-electron chi connectivity index (χ2n) is 8.56. The Balaban J connectivity index is 4.94. The second-order valence-corrected chi connectivity index (χ2v) is 8.56. The highest BCUT2D eigenvalue weighted by Gasteiger charge is 2.21. The first-order chi connectivity index (χ1) is 15.1. The van der Waals surface area contributed by atoms with Crippen LogP contribution >= 0.6 is 0 Å². The lowest BCUT2D eigenvalue weighted by molar-refractivity contribution is -0.125. The van der Waals surface area contributed by atoms with Crippen LogP contribution in [0.15, 0.2) is 0 Å². The number of carbonyl (C=O) groups is 5. The van der Waals surface area contributed by atoms with Gasteiger partial charge in [0.05, 0.1) is 0 Å². The molecule has 0 fully saturated rings. The van der Waals surface area contributed by atoms with Crippen molar-refractivity contribution in [2.24, 2.45) is 0 Å². The van der Waals surface area contributed by atoms with Crippen LogP contribution in [0.2, 0.25) is 0 Å². The quantitative estimate of drug-likeness (QED) is 0.214. The molecule has 9 heteroatoms. The molecule has 9 nitrogen and oxygen atoms in total. The van der Waals surface area contributed by atoms with Crippen molar-refractivity contribution in [1.82, 2.24) is 21.3 Å². The van der Waals surface area contributed by atoms with E-state index in [-0.39, 0.29) is 66.9 Å². The van der Waals surface area contributed by atoms with E-state index in [0.717, 1.165) is 13.0 Å². The fraction of sp³-hybridized carbons (Fsp3) is 0.783. The van der Waals surface area contributed by atoms with E-state index in [1.165, 1.54) is 20.8 Å². The zero-order valence-electron chi connectivity index (χ0n) is 20.3. The summed E-state index contributed by atoms with van der Waals surface area (Å²) in [5.41, 5.74) is 0. The molecule has 0 aliphatic heterocycles. The lowest BCUT2D eigenvalue weighted by Gasteiger charge is -2.23. The molecular weight excluding hydrogens is 412 g/mol. The van der Waals surface area contributed by atoms with Gasteiger partial charge in [0.25, 0.3) is 0 Å². The Morgan fingerprint density at radius 3 is 1.53 bits per heavy atom. The van der Waals surface area contributed by atoms with Crippen molar-refractivity contribution in [3.05, 3.63) is 0 Å². The molecule has 0 heterocycles. The Morgan fingerprint density at radius 1 is 0.625 bits per heavy atom. The number of ketones is 3. The molecule has 184 valence electrons. The zero-order valence-corrected chi connectivity index (χ0v) is 20.3. The van der Waals surface area contributed by atoms with E-state index >= 15 is 0 Å². The third-order valence-corrected chi connectivity index (χ3v) is 5.21. The fourth-order valence-corrected chi connectivity index (χ4v) is 3.45. The van der Waals surface area contributed by atoms with E-state index in [1.54, 1.807) is 7.05 Å². The summed E-state index contributed by atoms with van der Waals surface area (Å²) in [5.74, 6) is -0.429. The van der Waals surface area contributed by atoms with Crippen molar-refractivity contribution >= 4 is 29.2 Å². The zero-order chi connectivity index (χ0) is 24.5. The molecular formula is C23H42N4O5. The molecule has 4 N–H and O–H groups in total. The van der Waals surface area contributed by atoms with Gasteiger partial charge in [-0.1, -0.05) is 0 Å². The maximum absolute atomic E-state index is 12.6. The van der Waals surface area contributed by atoms with Crippen LogP contribution in [0, 0.1) is 0 Å². The summed E-state index contributed by atoms with van der Waals surface area (Å²) in [6.45, 7) is 5.28. The molecule has 32 heavy (non-hydrogen) atoms. The van der Waals surface area contributed by atoms with E-state index in [2.05, 4.69) is 21.3 Å². The summed E-state index contributed by atoms with van der Waals surface area (Å²) in [4.78, 5) is 59.4. The second kappa shape index (κ2) is 17.4. The minimum Gasteiger partial charge on any atom is -0.353 e. The van der Waals surface area contributed by atoms with Gasteiger partial charge in [-0.05, 0) is 67.1 Å². The van der Waals surface area contributed by atoms with Gasteiger partial charge < -0.3 is 30.9 Å². The minimum absolute atomic E-state index is 0.00450. The van der Waals surface area contributed by atoms with E-state index in [0.29, 0.717) is 25.7 Å². The topological polar surface area (TPSA) is 133 Å². The van der Waals surface area contributed by atoms with Crippen molar-refractivity contribution < 1.29 is 24.0 Å². The molecule has 2 amide bonds. The molecule has 0 bridgehead atoms. The van der Waals surface area contributed by atoms with Crippen LogP contribution in [0.4, 0.5) is 0 Å². The summed E-state index contributed by atoms with van der Waals surface area (Å²) >= 11 is 0. The number of hydrogen-bond donors (Lipinski definition) is 4. The average molecular weight is 455 g/mol. The summed E-state index contributed by atoms with van der Waals surface area (Å²) in [7, 11) is 3.58. The number of amides is 2.